The third-order valence-corrected chi connectivity index (χ3v) is 3.98. The second-order valence-electron chi connectivity index (χ2n) is 4.98. The quantitative estimate of drug-likeness (QED) is 0.787. The summed E-state index contributed by atoms with van der Waals surface area (Å²) in [6.07, 6.45) is -0.465. The number of hydrogen-bond donors (Lipinski definition) is 2. The number of amides is 3. The van der Waals surface area contributed by atoms with Crippen LogP contribution in [-0.4, -0.2) is 25.0 Å². The van der Waals surface area contributed by atoms with E-state index in [4.69, 9.17) is 4.74 Å². The van der Waals surface area contributed by atoms with Gasteiger partial charge in [-0.1, -0.05) is 30.3 Å². The number of nitrogens with one attached hydrogen (secondary N) is 2. The van der Waals surface area contributed by atoms with Crippen LogP contribution in [0.5, 0.6) is 0 Å². The summed E-state index contributed by atoms with van der Waals surface area (Å²) in [4.78, 5) is 35.7. The maximum atomic E-state index is 12.2. The molecule has 24 heavy (non-hydrogen) atoms. The highest BCUT2D eigenvalue weighted by Crippen LogP contribution is 2.19. The van der Waals surface area contributed by atoms with E-state index in [1.165, 1.54) is 7.05 Å². The van der Waals surface area contributed by atoms with E-state index >= 15 is 0 Å². The van der Waals surface area contributed by atoms with Crippen LogP contribution in [0.1, 0.15) is 23.7 Å². The van der Waals surface area contributed by atoms with Gasteiger partial charge < -0.3 is 10.1 Å². The van der Waals surface area contributed by atoms with Crippen LogP contribution in [0.25, 0.3) is 0 Å². The normalized spacial score (nSPS) is 11.4. The van der Waals surface area contributed by atoms with Gasteiger partial charge in [0, 0.05) is 19.0 Å². The zero-order chi connectivity index (χ0) is 17.4. The third kappa shape index (κ3) is 5.20. The molecule has 126 valence electrons. The van der Waals surface area contributed by atoms with Crippen molar-refractivity contribution in [2.45, 2.75) is 18.9 Å². The summed E-state index contributed by atoms with van der Waals surface area (Å²) in [6.45, 7) is 0. The van der Waals surface area contributed by atoms with Gasteiger partial charge in [0.2, 0.25) is 6.10 Å². The lowest BCUT2D eigenvalue weighted by molar-refractivity contribution is -0.156. The SMILES string of the molecule is CNC(=O)NC(=O)[C@H](OC(=O)CCc1ccsc1)c1ccccc1. The Morgan fingerprint density at radius 2 is 1.92 bits per heavy atom. The molecule has 7 heteroatoms. The fourth-order valence-corrected chi connectivity index (χ4v) is 2.72. The van der Waals surface area contributed by atoms with Crippen molar-refractivity contribution in [2.24, 2.45) is 0 Å². The van der Waals surface area contributed by atoms with Crippen molar-refractivity contribution in [3.63, 3.8) is 0 Å². The number of aryl methyl sites for hydroxylation is 1. The summed E-state index contributed by atoms with van der Waals surface area (Å²) >= 11 is 1.56. The molecule has 0 saturated heterocycles. The monoisotopic (exact) mass is 346 g/mol. The molecule has 1 aromatic carbocycles. The van der Waals surface area contributed by atoms with Gasteiger partial charge in [0.25, 0.3) is 5.91 Å². The minimum atomic E-state index is -1.17. The molecule has 0 bridgehead atoms. The Morgan fingerprint density at radius 1 is 1.17 bits per heavy atom. The van der Waals surface area contributed by atoms with Gasteiger partial charge in [0.05, 0.1) is 0 Å². The Bertz CT molecular complexity index is 686. The Labute approximate surface area is 143 Å². The number of hydrogen-bond acceptors (Lipinski definition) is 5. The van der Waals surface area contributed by atoms with Crippen LogP contribution in [0.2, 0.25) is 0 Å². The van der Waals surface area contributed by atoms with Crippen molar-refractivity contribution < 1.29 is 19.1 Å². The van der Waals surface area contributed by atoms with Crippen LogP contribution in [0.3, 0.4) is 0 Å². The molecule has 0 aliphatic carbocycles. The fourth-order valence-electron chi connectivity index (χ4n) is 2.01. The average Bonchev–Trinajstić information content (AvgIpc) is 3.12. The molecule has 0 aliphatic heterocycles. The first kappa shape index (κ1) is 17.7. The first-order chi connectivity index (χ1) is 11.6. The molecular weight excluding hydrogens is 328 g/mol. The Morgan fingerprint density at radius 3 is 2.54 bits per heavy atom. The van der Waals surface area contributed by atoms with E-state index in [0.29, 0.717) is 12.0 Å². The molecule has 0 spiro atoms. The summed E-state index contributed by atoms with van der Waals surface area (Å²) in [7, 11) is 1.40. The first-order valence-electron chi connectivity index (χ1n) is 7.38. The number of thiophene rings is 1. The van der Waals surface area contributed by atoms with Crippen molar-refractivity contribution in [1.82, 2.24) is 10.6 Å². The molecule has 3 amide bonds. The Balaban J connectivity index is 2.03. The molecule has 0 radical (unpaired) electrons. The standard InChI is InChI=1S/C17H18N2O4S/c1-18-17(22)19-16(21)15(13-5-3-2-4-6-13)23-14(20)8-7-12-9-10-24-11-12/h2-6,9-11,15H,7-8H2,1H3,(H2,18,19,21,22)/t15-/m1/s1. The Hall–Kier alpha value is -2.67. The van der Waals surface area contributed by atoms with Crippen LogP contribution in [0.4, 0.5) is 4.79 Å². The molecule has 1 aromatic heterocycles. The predicted molar refractivity (Wildman–Crippen MR) is 90.5 cm³/mol. The third-order valence-electron chi connectivity index (χ3n) is 3.25. The van der Waals surface area contributed by atoms with Crippen molar-refractivity contribution in [3.05, 3.63) is 58.3 Å². The van der Waals surface area contributed by atoms with Gasteiger partial charge >= 0.3 is 12.0 Å². The Kier molecular flexibility index (Phi) is 6.51. The van der Waals surface area contributed by atoms with Crippen LogP contribution in [0.15, 0.2) is 47.2 Å². The number of ether oxygens (including phenoxy) is 1. The van der Waals surface area contributed by atoms with E-state index in [9.17, 15) is 14.4 Å². The van der Waals surface area contributed by atoms with Gasteiger partial charge in [-0.05, 0) is 28.8 Å². The maximum absolute atomic E-state index is 12.2. The zero-order valence-corrected chi connectivity index (χ0v) is 14.0. The van der Waals surface area contributed by atoms with Gasteiger partial charge in [-0.2, -0.15) is 11.3 Å². The highest BCUT2D eigenvalue weighted by atomic mass is 32.1. The summed E-state index contributed by atoms with van der Waals surface area (Å²) in [6, 6.07) is 9.86. The van der Waals surface area contributed by atoms with Crippen molar-refractivity contribution >= 4 is 29.2 Å². The number of rotatable bonds is 6. The highest BCUT2D eigenvalue weighted by Gasteiger charge is 2.26. The molecular formula is C17H18N2O4S. The average molecular weight is 346 g/mol. The van der Waals surface area contributed by atoms with Gasteiger partial charge in [-0.3, -0.25) is 14.9 Å². The molecule has 0 fully saturated rings. The molecule has 2 rings (SSSR count). The number of esters is 1. The molecule has 2 N–H and O–H groups in total. The lowest BCUT2D eigenvalue weighted by Crippen LogP contribution is -2.41. The van der Waals surface area contributed by atoms with Gasteiger partial charge in [-0.25, -0.2) is 4.79 Å². The summed E-state index contributed by atoms with van der Waals surface area (Å²) < 4.78 is 5.31. The van der Waals surface area contributed by atoms with Crippen molar-refractivity contribution in [3.8, 4) is 0 Å². The van der Waals surface area contributed by atoms with Gasteiger partial charge in [0.1, 0.15) is 0 Å². The number of carbonyl (C=O) groups is 3. The van der Waals surface area contributed by atoms with E-state index in [1.807, 2.05) is 16.8 Å². The second kappa shape index (κ2) is 8.83. The van der Waals surface area contributed by atoms with Crippen LogP contribution < -0.4 is 10.6 Å². The number of benzene rings is 1. The summed E-state index contributed by atoms with van der Waals surface area (Å²) in [5, 5.41) is 8.32. The lowest BCUT2D eigenvalue weighted by atomic mass is 10.1. The van der Waals surface area contributed by atoms with E-state index in [0.717, 1.165) is 5.56 Å². The molecule has 1 heterocycles. The van der Waals surface area contributed by atoms with E-state index in [-0.39, 0.29) is 6.42 Å². The second-order valence-corrected chi connectivity index (χ2v) is 5.76. The molecule has 6 nitrogen and oxygen atoms in total. The maximum Gasteiger partial charge on any atom is 0.321 e. The summed E-state index contributed by atoms with van der Waals surface area (Å²) in [5.41, 5.74) is 1.55. The minimum Gasteiger partial charge on any atom is -0.447 e. The first-order valence-corrected chi connectivity index (χ1v) is 8.32. The van der Waals surface area contributed by atoms with E-state index in [2.05, 4.69) is 10.6 Å². The fraction of sp³-hybridized carbons (Fsp3) is 0.235. The molecule has 0 aliphatic rings. The number of carbonyl (C=O) groups excluding carboxylic acids is 3. The number of imide groups is 1. The van der Waals surface area contributed by atoms with Crippen molar-refractivity contribution in [1.29, 1.82) is 0 Å². The van der Waals surface area contributed by atoms with Crippen LogP contribution in [0, 0.1) is 0 Å². The number of urea groups is 1. The lowest BCUT2D eigenvalue weighted by Gasteiger charge is -2.17. The molecule has 0 unspecified atom stereocenters. The zero-order valence-electron chi connectivity index (χ0n) is 13.2. The minimum absolute atomic E-state index is 0.160. The molecule has 2 aromatic rings. The molecule has 1 atom stereocenters. The van der Waals surface area contributed by atoms with Gasteiger partial charge in [-0.15, -0.1) is 0 Å². The topological polar surface area (TPSA) is 84.5 Å². The largest absolute Gasteiger partial charge is 0.447 e. The van der Waals surface area contributed by atoms with Crippen LogP contribution in [-0.2, 0) is 20.7 Å². The van der Waals surface area contributed by atoms with Crippen molar-refractivity contribution in [2.75, 3.05) is 7.05 Å². The smallest absolute Gasteiger partial charge is 0.321 e. The molecule has 0 saturated carbocycles. The van der Waals surface area contributed by atoms with E-state index < -0.39 is 24.0 Å². The van der Waals surface area contributed by atoms with E-state index in [1.54, 1.807) is 41.7 Å². The highest BCUT2D eigenvalue weighted by molar-refractivity contribution is 7.07. The van der Waals surface area contributed by atoms with Crippen LogP contribution >= 0.6 is 11.3 Å². The predicted octanol–water partition coefficient (Wildman–Crippen LogP) is 2.42. The summed E-state index contributed by atoms with van der Waals surface area (Å²) in [5.74, 6) is -1.19. The van der Waals surface area contributed by atoms with Gasteiger partial charge in [0.15, 0.2) is 0 Å².